The lowest BCUT2D eigenvalue weighted by Gasteiger charge is -2.55. The van der Waals surface area contributed by atoms with Gasteiger partial charge >= 0.3 is 6.09 Å². The molecule has 0 aromatic heterocycles. The monoisotopic (exact) mass is 427 g/mol. The number of carbonyl (C=O) groups excluding carboxylic acids is 1. The number of fused-ring (bicyclic) bond motifs is 6. The molecule has 7 atom stereocenters. The Bertz CT molecular complexity index is 844. The molecule has 0 radical (unpaired) electrons. The van der Waals surface area contributed by atoms with E-state index in [9.17, 15) is 9.90 Å². The normalized spacial score (nSPS) is 48.7. The second-order valence-corrected chi connectivity index (χ2v) is 11.7. The molecule has 31 heavy (non-hydrogen) atoms. The third kappa shape index (κ3) is 2.78. The Morgan fingerprint density at radius 3 is 2.74 bits per heavy atom. The maximum atomic E-state index is 12.9. The van der Waals surface area contributed by atoms with Crippen molar-refractivity contribution in [1.82, 2.24) is 4.90 Å². The zero-order valence-corrected chi connectivity index (χ0v) is 19.1. The van der Waals surface area contributed by atoms with Gasteiger partial charge in [0, 0.05) is 12.0 Å². The van der Waals surface area contributed by atoms with Gasteiger partial charge in [0.2, 0.25) is 0 Å². The smallest absolute Gasteiger partial charge is 0.410 e. The lowest BCUT2D eigenvalue weighted by molar-refractivity contribution is -0.0628. The van der Waals surface area contributed by atoms with Crippen molar-refractivity contribution in [3.63, 3.8) is 0 Å². The van der Waals surface area contributed by atoms with Crippen molar-refractivity contribution in [2.75, 3.05) is 19.7 Å². The van der Waals surface area contributed by atoms with Crippen LogP contribution in [-0.4, -0.2) is 53.6 Å². The van der Waals surface area contributed by atoms with Crippen LogP contribution in [0.15, 0.2) is 23.3 Å². The number of hydrogen-bond acceptors (Lipinski definition) is 4. The number of ether oxygens (including phenoxy) is 2. The summed E-state index contributed by atoms with van der Waals surface area (Å²) >= 11 is 0. The largest absolute Gasteiger partial charge is 0.440 e. The van der Waals surface area contributed by atoms with Crippen molar-refractivity contribution >= 4 is 6.09 Å². The van der Waals surface area contributed by atoms with Gasteiger partial charge in [0.05, 0.1) is 25.3 Å². The van der Waals surface area contributed by atoms with Crippen LogP contribution < -0.4 is 0 Å². The highest BCUT2D eigenvalue weighted by molar-refractivity contribution is 5.71. The van der Waals surface area contributed by atoms with Crippen molar-refractivity contribution < 1.29 is 19.4 Å². The minimum atomic E-state index is -0.354. The number of carbonyl (C=O) groups is 1. The fourth-order valence-electron chi connectivity index (χ4n) is 8.31. The molecular formula is C26H37NO4. The third-order valence-electron chi connectivity index (χ3n) is 10.3. The van der Waals surface area contributed by atoms with E-state index in [2.05, 4.69) is 26.0 Å². The summed E-state index contributed by atoms with van der Waals surface area (Å²) in [5.74, 6) is 1.07. The molecule has 6 aliphatic rings. The average Bonchev–Trinajstić information content (AvgIpc) is 3.43. The SMILES string of the molecule is C[C@]12CC[C@H](O)CC1=CC=C1[C@@H]2CC[C@@]2(C)[C@H]1CC[C@@]21CN(C[C@H]2CCCO2)C(=O)O1. The molecule has 2 heterocycles. The Kier molecular flexibility index (Phi) is 4.47. The Morgan fingerprint density at radius 1 is 1.10 bits per heavy atom. The molecule has 0 aromatic carbocycles. The molecule has 2 aliphatic heterocycles. The molecule has 5 nitrogen and oxygen atoms in total. The van der Waals surface area contributed by atoms with Crippen LogP contribution >= 0.6 is 0 Å². The van der Waals surface area contributed by atoms with Crippen LogP contribution in [0.1, 0.15) is 71.6 Å². The number of aliphatic hydroxyl groups excluding tert-OH is 1. The molecule has 1 amide bonds. The van der Waals surface area contributed by atoms with E-state index in [1.807, 2.05) is 4.90 Å². The van der Waals surface area contributed by atoms with E-state index in [0.29, 0.717) is 18.4 Å². The van der Waals surface area contributed by atoms with Crippen LogP contribution in [0.25, 0.3) is 0 Å². The van der Waals surface area contributed by atoms with E-state index in [1.165, 1.54) is 5.57 Å². The van der Waals surface area contributed by atoms with Gasteiger partial charge < -0.3 is 19.5 Å². The molecule has 3 saturated carbocycles. The molecule has 4 aliphatic carbocycles. The van der Waals surface area contributed by atoms with Crippen molar-refractivity contribution in [3.05, 3.63) is 23.3 Å². The molecule has 6 rings (SSSR count). The highest BCUT2D eigenvalue weighted by Crippen LogP contribution is 2.67. The van der Waals surface area contributed by atoms with Crippen LogP contribution in [0.2, 0.25) is 0 Å². The number of nitrogens with zero attached hydrogens (tertiary/aromatic N) is 1. The predicted molar refractivity (Wildman–Crippen MR) is 117 cm³/mol. The summed E-state index contributed by atoms with van der Waals surface area (Å²) in [5, 5.41) is 10.2. The molecule has 0 unspecified atom stereocenters. The summed E-state index contributed by atoms with van der Waals surface area (Å²) in [4.78, 5) is 14.8. The van der Waals surface area contributed by atoms with Crippen molar-refractivity contribution in [1.29, 1.82) is 0 Å². The third-order valence-corrected chi connectivity index (χ3v) is 10.3. The van der Waals surface area contributed by atoms with Crippen molar-refractivity contribution in [2.24, 2.45) is 22.7 Å². The molecule has 0 bridgehead atoms. The Hall–Kier alpha value is -1.33. The Labute approximate surface area is 185 Å². The van der Waals surface area contributed by atoms with E-state index in [0.717, 1.165) is 70.9 Å². The molecule has 2 saturated heterocycles. The van der Waals surface area contributed by atoms with E-state index < -0.39 is 0 Å². The quantitative estimate of drug-likeness (QED) is 0.700. The second kappa shape index (κ2) is 6.84. The van der Waals surface area contributed by atoms with Gasteiger partial charge in [-0.1, -0.05) is 37.1 Å². The number of rotatable bonds is 2. The first-order chi connectivity index (χ1) is 14.8. The summed E-state index contributed by atoms with van der Waals surface area (Å²) in [6, 6.07) is 0. The minimum Gasteiger partial charge on any atom is -0.440 e. The average molecular weight is 428 g/mol. The van der Waals surface area contributed by atoms with Gasteiger partial charge in [-0.25, -0.2) is 4.79 Å². The second-order valence-electron chi connectivity index (χ2n) is 11.7. The molecule has 5 heteroatoms. The standard InChI is InChI=1S/C26H37NO4/c1-24-10-7-18(28)14-17(24)5-6-20-21(24)8-11-25(2)22(20)9-12-26(25)16-27(23(29)31-26)15-19-4-3-13-30-19/h5-6,18-19,21-22,28H,3-4,7-16H2,1-2H3/t18-,19+,21-,22-,24-,25-,26+/m0/s1. The summed E-state index contributed by atoms with van der Waals surface area (Å²) in [6.07, 6.45) is 13.9. The first kappa shape index (κ1) is 20.3. The van der Waals surface area contributed by atoms with Gasteiger partial charge in [0.1, 0.15) is 5.60 Å². The summed E-state index contributed by atoms with van der Waals surface area (Å²) in [5.41, 5.74) is 2.89. The molecule has 1 N–H and O–H groups in total. The maximum Gasteiger partial charge on any atom is 0.410 e. The summed E-state index contributed by atoms with van der Waals surface area (Å²) in [7, 11) is 0. The van der Waals surface area contributed by atoms with E-state index in [-0.39, 0.29) is 34.7 Å². The van der Waals surface area contributed by atoms with Crippen LogP contribution in [0.5, 0.6) is 0 Å². The van der Waals surface area contributed by atoms with Gasteiger partial charge in [-0.2, -0.15) is 0 Å². The molecule has 5 fully saturated rings. The van der Waals surface area contributed by atoms with Gasteiger partial charge in [-0.05, 0) is 75.0 Å². The van der Waals surface area contributed by atoms with Crippen LogP contribution in [0, 0.1) is 22.7 Å². The van der Waals surface area contributed by atoms with E-state index in [4.69, 9.17) is 9.47 Å². The fraction of sp³-hybridized carbons (Fsp3) is 0.808. The molecular weight excluding hydrogens is 390 g/mol. The number of allylic oxidation sites excluding steroid dienone is 3. The topological polar surface area (TPSA) is 59.0 Å². The van der Waals surface area contributed by atoms with Crippen LogP contribution in [-0.2, 0) is 9.47 Å². The Morgan fingerprint density at radius 2 is 1.94 bits per heavy atom. The first-order valence-corrected chi connectivity index (χ1v) is 12.5. The number of amides is 1. The van der Waals surface area contributed by atoms with Crippen LogP contribution in [0.3, 0.4) is 0 Å². The highest BCUT2D eigenvalue weighted by Gasteiger charge is 2.67. The van der Waals surface area contributed by atoms with Gasteiger partial charge in [0.25, 0.3) is 0 Å². The fourth-order valence-corrected chi connectivity index (χ4v) is 8.31. The summed E-state index contributed by atoms with van der Waals surface area (Å²) in [6.45, 7) is 7.06. The highest BCUT2D eigenvalue weighted by atomic mass is 16.6. The lowest BCUT2D eigenvalue weighted by Crippen LogP contribution is -2.53. The summed E-state index contributed by atoms with van der Waals surface area (Å²) < 4.78 is 12.1. The van der Waals surface area contributed by atoms with E-state index in [1.54, 1.807) is 5.57 Å². The maximum absolute atomic E-state index is 12.9. The minimum absolute atomic E-state index is 0.00611. The number of aliphatic hydroxyl groups is 1. The zero-order valence-electron chi connectivity index (χ0n) is 19.1. The Balaban J connectivity index is 1.28. The zero-order chi connectivity index (χ0) is 21.4. The van der Waals surface area contributed by atoms with Crippen LogP contribution in [0.4, 0.5) is 4.79 Å². The number of hydrogen-bond donors (Lipinski definition) is 1. The molecule has 1 spiro atoms. The predicted octanol–water partition coefficient (Wildman–Crippen LogP) is 4.60. The van der Waals surface area contributed by atoms with Crippen molar-refractivity contribution in [2.45, 2.75) is 89.4 Å². The van der Waals surface area contributed by atoms with Gasteiger partial charge in [0.15, 0.2) is 0 Å². The van der Waals surface area contributed by atoms with Crippen molar-refractivity contribution in [3.8, 4) is 0 Å². The van der Waals surface area contributed by atoms with E-state index >= 15 is 0 Å². The van der Waals surface area contributed by atoms with Gasteiger partial charge in [-0.15, -0.1) is 0 Å². The lowest BCUT2D eigenvalue weighted by atomic mass is 9.50. The van der Waals surface area contributed by atoms with Gasteiger partial charge in [-0.3, -0.25) is 0 Å². The molecule has 0 aromatic rings. The molecule has 170 valence electrons. The first-order valence-electron chi connectivity index (χ1n) is 12.5.